The molecule has 0 unspecified atom stereocenters. The molecule has 0 atom stereocenters. The van der Waals surface area contributed by atoms with E-state index in [9.17, 15) is 9.90 Å². The summed E-state index contributed by atoms with van der Waals surface area (Å²) in [4.78, 5) is 12.8. The van der Waals surface area contributed by atoms with Crippen LogP contribution in [-0.2, 0) is 6.42 Å². The molecule has 0 fully saturated rings. The van der Waals surface area contributed by atoms with Crippen LogP contribution in [0.1, 0.15) is 21.5 Å². The highest BCUT2D eigenvalue weighted by atomic mass is 16.5. The Bertz CT molecular complexity index is 872. The predicted octanol–water partition coefficient (Wildman–Crippen LogP) is 3.25. The zero-order valence-electron chi connectivity index (χ0n) is 15.1. The molecule has 2 aromatic rings. The number of benzene rings is 2. The van der Waals surface area contributed by atoms with E-state index in [0.29, 0.717) is 34.6 Å². The van der Waals surface area contributed by atoms with Crippen molar-refractivity contribution in [3.05, 3.63) is 46.5 Å². The van der Waals surface area contributed by atoms with Crippen molar-refractivity contribution in [2.45, 2.75) is 6.42 Å². The molecule has 6 nitrogen and oxygen atoms in total. The van der Waals surface area contributed by atoms with E-state index < -0.39 is 0 Å². The first-order chi connectivity index (χ1) is 12.5. The van der Waals surface area contributed by atoms with Gasteiger partial charge in [-0.25, -0.2) is 0 Å². The van der Waals surface area contributed by atoms with Gasteiger partial charge in [0.2, 0.25) is 5.75 Å². The Labute approximate surface area is 151 Å². The predicted molar refractivity (Wildman–Crippen MR) is 96.8 cm³/mol. The number of Topliss-reactive ketones (excluding diaryl/α,β-unsaturated/α-hetero) is 1. The molecule has 1 N–H and O–H groups in total. The van der Waals surface area contributed by atoms with Gasteiger partial charge in [-0.2, -0.15) is 0 Å². The molecular weight excluding hydrogens is 336 g/mol. The molecule has 0 saturated heterocycles. The van der Waals surface area contributed by atoms with Crippen LogP contribution < -0.4 is 18.9 Å². The number of phenols is 1. The summed E-state index contributed by atoms with van der Waals surface area (Å²) in [5.41, 5.74) is 2.82. The quantitative estimate of drug-likeness (QED) is 0.829. The number of methoxy groups -OCH3 is 4. The van der Waals surface area contributed by atoms with Gasteiger partial charge in [-0.05, 0) is 41.5 Å². The molecule has 2 aromatic carbocycles. The summed E-state index contributed by atoms with van der Waals surface area (Å²) in [7, 11) is 6.02. The van der Waals surface area contributed by atoms with Crippen LogP contribution in [0.15, 0.2) is 29.8 Å². The summed E-state index contributed by atoms with van der Waals surface area (Å²) < 4.78 is 20.9. The molecule has 0 amide bonds. The van der Waals surface area contributed by atoms with Gasteiger partial charge in [0, 0.05) is 17.6 Å². The zero-order valence-corrected chi connectivity index (χ0v) is 15.1. The number of ketones is 1. The van der Waals surface area contributed by atoms with E-state index in [-0.39, 0.29) is 23.0 Å². The maximum absolute atomic E-state index is 12.8. The van der Waals surface area contributed by atoms with Crippen molar-refractivity contribution in [3.63, 3.8) is 0 Å². The Hall–Kier alpha value is -3.15. The van der Waals surface area contributed by atoms with E-state index >= 15 is 0 Å². The third-order valence-electron chi connectivity index (χ3n) is 4.37. The van der Waals surface area contributed by atoms with Crippen molar-refractivity contribution in [2.75, 3.05) is 28.4 Å². The average Bonchev–Trinajstić information content (AvgIpc) is 2.96. The Balaban J connectivity index is 2.02. The zero-order chi connectivity index (χ0) is 18.8. The largest absolute Gasteiger partial charge is 0.502 e. The summed E-state index contributed by atoms with van der Waals surface area (Å²) >= 11 is 0. The van der Waals surface area contributed by atoms with E-state index in [0.717, 1.165) is 5.56 Å². The Kier molecular flexibility index (Phi) is 4.75. The minimum Gasteiger partial charge on any atom is -0.502 e. The molecular formula is C20H20O6. The number of phenolic OH excluding ortho intramolecular Hbond substituents is 1. The highest BCUT2D eigenvalue weighted by Gasteiger charge is 2.27. The van der Waals surface area contributed by atoms with Crippen molar-refractivity contribution in [3.8, 4) is 28.7 Å². The van der Waals surface area contributed by atoms with Gasteiger partial charge in [-0.15, -0.1) is 0 Å². The third-order valence-corrected chi connectivity index (χ3v) is 4.37. The van der Waals surface area contributed by atoms with Gasteiger partial charge >= 0.3 is 0 Å². The minimum absolute atomic E-state index is 0.0630. The normalized spacial score (nSPS) is 14.3. The van der Waals surface area contributed by atoms with Crippen LogP contribution in [-0.4, -0.2) is 39.3 Å². The maximum atomic E-state index is 12.8. The number of hydrogen-bond acceptors (Lipinski definition) is 6. The average molecular weight is 356 g/mol. The molecule has 0 aromatic heterocycles. The Morgan fingerprint density at radius 3 is 1.92 bits per heavy atom. The molecule has 1 aliphatic carbocycles. The smallest absolute Gasteiger partial charge is 0.200 e. The lowest BCUT2D eigenvalue weighted by Crippen LogP contribution is -1.98. The van der Waals surface area contributed by atoms with Gasteiger partial charge in [0.15, 0.2) is 28.8 Å². The summed E-state index contributed by atoms with van der Waals surface area (Å²) in [5.74, 6) is 1.53. The molecule has 1 aliphatic rings. The molecule has 0 saturated carbocycles. The Morgan fingerprint density at radius 1 is 0.846 bits per heavy atom. The first-order valence-corrected chi connectivity index (χ1v) is 7.97. The fraction of sp³-hybridized carbons (Fsp3) is 0.250. The summed E-state index contributed by atoms with van der Waals surface area (Å²) in [6.45, 7) is 0. The summed E-state index contributed by atoms with van der Waals surface area (Å²) in [6, 6.07) is 6.84. The van der Waals surface area contributed by atoms with E-state index in [4.69, 9.17) is 18.9 Å². The van der Waals surface area contributed by atoms with E-state index in [1.54, 1.807) is 31.4 Å². The molecule has 26 heavy (non-hydrogen) atoms. The fourth-order valence-electron chi connectivity index (χ4n) is 3.05. The number of aromatic hydroxyl groups is 1. The highest BCUT2D eigenvalue weighted by Crippen LogP contribution is 2.40. The first-order valence-electron chi connectivity index (χ1n) is 7.97. The van der Waals surface area contributed by atoms with E-state index in [1.165, 1.54) is 21.3 Å². The van der Waals surface area contributed by atoms with E-state index in [1.807, 2.05) is 6.07 Å². The second-order valence-electron chi connectivity index (χ2n) is 5.81. The monoisotopic (exact) mass is 356 g/mol. The van der Waals surface area contributed by atoms with Gasteiger partial charge in [0.1, 0.15) is 0 Å². The lowest BCUT2D eigenvalue weighted by molar-refractivity contribution is 0.104. The van der Waals surface area contributed by atoms with Crippen molar-refractivity contribution >= 4 is 11.9 Å². The van der Waals surface area contributed by atoms with Crippen molar-refractivity contribution in [1.29, 1.82) is 0 Å². The minimum atomic E-state index is -0.0762. The van der Waals surface area contributed by atoms with Gasteiger partial charge in [-0.1, -0.05) is 0 Å². The van der Waals surface area contributed by atoms with Crippen LogP contribution in [0.5, 0.6) is 28.7 Å². The van der Waals surface area contributed by atoms with Crippen LogP contribution in [0.4, 0.5) is 0 Å². The first kappa shape index (κ1) is 17.7. The fourth-order valence-corrected chi connectivity index (χ4v) is 3.05. The van der Waals surface area contributed by atoms with Gasteiger partial charge in [-0.3, -0.25) is 4.79 Å². The second kappa shape index (κ2) is 7.00. The number of fused-ring (bicyclic) bond motifs is 1. The second-order valence-corrected chi connectivity index (χ2v) is 5.81. The molecule has 0 radical (unpaired) electrons. The topological polar surface area (TPSA) is 74.2 Å². The number of ether oxygens (including phenoxy) is 4. The number of rotatable bonds is 5. The van der Waals surface area contributed by atoms with Crippen molar-refractivity contribution in [1.82, 2.24) is 0 Å². The van der Waals surface area contributed by atoms with Crippen molar-refractivity contribution in [2.24, 2.45) is 0 Å². The van der Waals surface area contributed by atoms with Gasteiger partial charge in [0.05, 0.1) is 28.4 Å². The number of allylic oxidation sites excluding steroid dienone is 1. The SMILES string of the molecule is COc1cc2c(cc1OC)C(=O)C(=Cc1cc(OC)c(O)c(OC)c1)C2. The molecule has 136 valence electrons. The van der Waals surface area contributed by atoms with Crippen LogP contribution >= 0.6 is 0 Å². The molecule has 0 aliphatic heterocycles. The molecule has 3 rings (SSSR count). The van der Waals surface area contributed by atoms with Crippen LogP contribution in [0.2, 0.25) is 0 Å². The molecule has 0 heterocycles. The molecule has 0 spiro atoms. The van der Waals surface area contributed by atoms with Crippen molar-refractivity contribution < 1.29 is 28.8 Å². The molecule has 6 heteroatoms. The molecule has 0 bridgehead atoms. The van der Waals surface area contributed by atoms with Crippen LogP contribution in [0, 0.1) is 0 Å². The maximum Gasteiger partial charge on any atom is 0.200 e. The summed E-state index contributed by atoms with van der Waals surface area (Å²) in [6.07, 6.45) is 2.26. The number of carbonyl (C=O) groups is 1. The number of carbonyl (C=O) groups excluding carboxylic acids is 1. The van der Waals surface area contributed by atoms with Crippen LogP contribution in [0.3, 0.4) is 0 Å². The van der Waals surface area contributed by atoms with Gasteiger partial charge in [0.25, 0.3) is 0 Å². The van der Waals surface area contributed by atoms with Gasteiger partial charge < -0.3 is 24.1 Å². The third kappa shape index (κ3) is 2.94. The van der Waals surface area contributed by atoms with E-state index in [2.05, 4.69) is 0 Å². The summed E-state index contributed by atoms with van der Waals surface area (Å²) in [5, 5.41) is 10.0. The standard InChI is InChI=1S/C20H20O6/c1-23-15-9-12-8-13(19(21)14(12)10-16(15)24-2)5-11-6-17(25-3)20(22)18(7-11)26-4/h5-7,9-10,22H,8H2,1-4H3. The number of hydrogen-bond donors (Lipinski definition) is 1. The lowest BCUT2D eigenvalue weighted by Gasteiger charge is -2.09. The van der Waals surface area contributed by atoms with Crippen LogP contribution in [0.25, 0.3) is 6.08 Å². The highest BCUT2D eigenvalue weighted by molar-refractivity contribution is 6.16. The Morgan fingerprint density at radius 2 is 1.38 bits per heavy atom. The lowest BCUT2D eigenvalue weighted by atomic mass is 10.1.